The van der Waals surface area contributed by atoms with Crippen molar-refractivity contribution in [3.63, 3.8) is 0 Å². The molecule has 4 aromatic heterocycles. The zero-order valence-corrected chi connectivity index (χ0v) is 38.7. The number of para-hydroxylation sites is 1. The lowest BCUT2D eigenvalue weighted by Gasteiger charge is -2.37. The van der Waals surface area contributed by atoms with E-state index in [1.54, 1.807) is 29.5 Å². The van der Waals surface area contributed by atoms with Crippen LogP contribution in [0.4, 0.5) is 11.6 Å². The van der Waals surface area contributed by atoms with Crippen LogP contribution in [0.25, 0.3) is 32.7 Å². The maximum Gasteiger partial charge on any atom is 0.243 e. The molecule has 3 aliphatic heterocycles. The third-order valence-electron chi connectivity index (χ3n) is 13.5. The molecule has 16 nitrogen and oxygen atoms in total. The number of thiazole rings is 1. The summed E-state index contributed by atoms with van der Waals surface area (Å²) >= 11 is 7.77. The molecule has 3 aliphatic rings. The molecule has 5 N–H and O–H groups in total. The predicted octanol–water partition coefficient (Wildman–Crippen LogP) is 6.99. The number of nitrogen functional groups attached to an aromatic ring is 1. The number of phenolic OH excluding ortho intramolecular Hbond substituents is 1. The topological polar surface area (TPSA) is 205 Å². The number of rotatable bonds is 12. The molecule has 1 unspecified atom stereocenters. The van der Waals surface area contributed by atoms with Crippen molar-refractivity contribution in [1.29, 1.82) is 0 Å². The summed E-state index contributed by atoms with van der Waals surface area (Å²) in [5, 5.41) is 42.5. The van der Waals surface area contributed by atoms with Crippen LogP contribution in [-0.2, 0) is 9.59 Å². The Morgan fingerprint density at radius 1 is 1.02 bits per heavy atom. The van der Waals surface area contributed by atoms with Gasteiger partial charge in [0.1, 0.15) is 17.7 Å². The summed E-state index contributed by atoms with van der Waals surface area (Å²) in [7, 11) is 0. The highest BCUT2D eigenvalue weighted by Gasteiger charge is 2.44. The van der Waals surface area contributed by atoms with E-state index in [4.69, 9.17) is 21.9 Å². The molecule has 9 rings (SSSR count). The lowest BCUT2D eigenvalue weighted by Crippen LogP contribution is -2.48. The number of phenols is 1. The summed E-state index contributed by atoms with van der Waals surface area (Å²) in [4.78, 5) is 39.9. The van der Waals surface area contributed by atoms with Crippen LogP contribution in [0.1, 0.15) is 87.9 Å². The number of carbonyl (C=O) groups is 2. The maximum atomic E-state index is 14.3. The maximum absolute atomic E-state index is 14.3. The minimum Gasteiger partial charge on any atom is -0.506 e. The number of hydrogen-bond acceptors (Lipinski definition) is 14. The number of nitrogens with one attached hydrogen (secondary N) is 1. The van der Waals surface area contributed by atoms with Crippen LogP contribution in [0.3, 0.4) is 0 Å². The van der Waals surface area contributed by atoms with E-state index >= 15 is 0 Å². The Morgan fingerprint density at radius 3 is 2.48 bits per heavy atom. The molecule has 342 valence electrons. The smallest absolute Gasteiger partial charge is 0.243 e. The lowest BCUT2D eigenvalue weighted by molar-refractivity contribution is -0.141. The van der Waals surface area contributed by atoms with Crippen molar-refractivity contribution in [1.82, 2.24) is 45.2 Å². The zero-order valence-electron chi connectivity index (χ0n) is 37.1. The first-order chi connectivity index (χ1) is 31.3. The molecule has 6 aromatic rings. The molecule has 0 saturated carbocycles. The summed E-state index contributed by atoms with van der Waals surface area (Å²) in [5.41, 5.74) is 13.5. The Morgan fingerprint density at radius 2 is 1.77 bits per heavy atom. The Kier molecular flexibility index (Phi) is 12.8. The van der Waals surface area contributed by atoms with Gasteiger partial charge in [0.2, 0.25) is 11.8 Å². The number of nitrogens with two attached hydrogens (primary N) is 1. The second-order valence-electron chi connectivity index (χ2n) is 18.2. The molecule has 4 atom stereocenters. The van der Waals surface area contributed by atoms with Crippen LogP contribution in [0.5, 0.6) is 5.75 Å². The van der Waals surface area contributed by atoms with Crippen molar-refractivity contribution < 1.29 is 24.3 Å². The first-order valence-corrected chi connectivity index (χ1v) is 23.8. The van der Waals surface area contributed by atoms with Crippen LogP contribution >= 0.6 is 22.9 Å². The number of benzene rings is 2. The van der Waals surface area contributed by atoms with Crippen LogP contribution < -0.4 is 16.0 Å². The number of aromatic nitrogens is 6. The Labute approximate surface area is 386 Å². The number of aromatic hydroxyl groups is 1. The van der Waals surface area contributed by atoms with Crippen molar-refractivity contribution in [3.05, 3.63) is 82.1 Å². The number of fused-ring (bicyclic) bond motifs is 1. The van der Waals surface area contributed by atoms with Crippen molar-refractivity contribution in [2.75, 3.05) is 49.9 Å². The Bertz CT molecular complexity index is 2650. The van der Waals surface area contributed by atoms with Crippen LogP contribution in [-0.4, -0.2) is 113 Å². The second-order valence-corrected chi connectivity index (χ2v) is 19.5. The highest BCUT2D eigenvalue weighted by molar-refractivity contribution is 7.13. The number of aliphatic hydroxyl groups excluding tert-OH is 1. The van der Waals surface area contributed by atoms with Crippen molar-refractivity contribution >= 4 is 57.4 Å². The molecule has 0 radical (unpaired) electrons. The van der Waals surface area contributed by atoms with Crippen LogP contribution in [0.15, 0.2) is 64.6 Å². The van der Waals surface area contributed by atoms with Crippen LogP contribution in [0, 0.1) is 18.8 Å². The Hall–Kier alpha value is -5.62. The molecule has 3 fully saturated rings. The molecule has 0 spiro atoms. The number of hydrogen-bond donors (Lipinski definition) is 4. The van der Waals surface area contributed by atoms with E-state index in [2.05, 4.69) is 40.6 Å². The summed E-state index contributed by atoms with van der Waals surface area (Å²) in [5.74, 6) is 0.650. The minimum atomic E-state index is -0.810. The van der Waals surface area contributed by atoms with Gasteiger partial charge in [0.25, 0.3) is 0 Å². The molecule has 65 heavy (non-hydrogen) atoms. The molecule has 0 bridgehead atoms. The Balaban J connectivity index is 0.779. The zero-order chi connectivity index (χ0) is 45.5. The predicted molar refractivity (Wildman–Crippen MR) is 251 cm³/mol. The van der Waals surface area contributed by atoms with Gasteiger partial charge in [0.15, 0.2) is 22.9 Å². The number of anilines is 2. The standard InChI is InChI=1S/C47H56ClN11O5S/c1-26(2)41(47(63)58-24-33(60)20-38(58)46(62)51-27(3)30-8-10-31(11-9-30)44-28(4)50-25-65-44)39-22-40(55-64-39)57-18-12-29(13-19-57)23-56-16-14-32(15-17-56)59-37-21-36(52-53-42(37)45(49)54-59)34-6-5-7-35(48)43(34)61/h5-11,21-22,25-27,29,32-33,38,41,60-61H,12-20,23-24H2,1-4H3,(H2,49,54)(H,51,62)/t27-,33+,38-,41?/m0/s1. The van der Waals surface area contributed by atoms with Gasteiger partial charge in [-0.1, -0.05) is 60.9 Å². The fourth-order valence-electron chi connectivity index (χ4n) is 9.83. The number of β-amino-alcohol motifs (C(OH)–C–C–N with tert-alkyl or cyclic N) is 1. The molecular formula is C47H56ClN11O5S. The fraction of sp³-hybridized carbons (Fsp3) is 0.468. The summed E-state index contributed by atoms with van der Waals surface area (Å²) in [6, 6.07) is 16.0. The summed E-state index contributed by atoms with van der Waals surface area (Å²) in [6.07, 6.45) is 3.19. The third-order valence-corrected chi connectivity index (χ3v) is 14.8. The summed E-state index contributed by atoms with van der Waals surface area (Å²) < 4.78 is 7.89. The van der Waals surface area contributed by atoms with E-state index in [-0.39, 0.29) is 53.6 Å². The fourth-order valence-corrected chi connectivity index (χ4v) is 10.8. The van der Waals surface area contributed by atoms with Gasteiger partial charge in [-0.25, -0.2) is 4.98 Å². The lowest BCUT2D eigenvalue weighted by atomic mass is 9.91. The number of piperidine rings is 2. The van der Waals surface area contributed by atoms with Gasteiger partial charge < -0.3 is 40.5 Å². The van der Waals surface area contributed by atoms with Crippen molar-refractivity contribution in [2.45, 2.75) is 89.9 Å². The number of halogens is 1. The average molecular weight is 923 g/mol. The first kappa shape index (κ1) is 44.6. The number of amides is 2. The van der Waals surface area contributed by atoms with E-state index in [0.717, 1.165) is 85.6 Å². The van der Waals surface area contributed by atoms with Crippen molar-refractivity contribution in [3.8, 4) is 27.4 Å². The number of nitrogens with zero attached hydrogens (tertiary/aromatic N) is 9. The van der Waals surface area contributed by atoms with Gasteiger partial charge in [-0.2, -0.15) is 5.10 Å². The molecule has 2 aromatic carbocycles. The van der Waals surface area contributed by atoms with Gasteiger partial charge >= 0.3 is 0 Å². The van der Waals surface area contributed by atoms with E-state index in [1.165, 1.54) is 4.90 Å². The number of carbonyl (C=O) groups excluding carboxylic acids is 2. The van der Waals surface area contributed by atoms with Gasteiger partial charge in [-0.3, -0.25) is 14.3 Å². The first-order valence-electron chi connectivity index (χ1n) is 22.5. The molecular weight excluding hydrogens is 866 g/mol. The second kappa shape index (κ2) is 18.7. The van der Waals surface area contributed by atoms with Gasteiger partial charge in [-0.15, -0.1) is 21.5 Å². The number of likely N-dealkylation sites (tertiary alicyclic amines) is 2. The normalized spacial score (nSPS) is 19.9. The highest BCUT2D eigenvalue weighted by atomic mass is 35.5. The largest absolute Gasteiger partial charge is 0.506 e. The van der Waals surface area contributed by atoms with E-state index in [0.29, 0.717) is 40.1 Å². The monoisotopic (exact) mass is 921 g/mol. The van der Waals surface area contributed by atoms with Crippen LogP contribution in [0.2, 0.25) is 5.02 Å². The number of aryl methyl sites for hydroxylation is 1. The van der Waals surface area contributed by atoms with E-state index in [9.17, 15) is 19.8 Å². The minimum absolute atomic E-state index is 0.0391. The summed E-state index contributed by atoms with van der Waals surface area (Å²) in [6.45, 7) is 12.4. The third kappa shape index (κ3) is 9.15. The SMILES string of the molecule is Cc1ncsc1-c1ccc([C@H](C)NC(=O)[C@@H]2C[C@@H](O)CN2C(=O)C(c2cc(N3CCC(CN4CCC(n5nc(N)c6nnc(-c7cccc(Cl)c7O)cc65)CC4)CC3)no2)C(C)C)cc1. The van der Waals surface area contributed by atoms with Gasteiger partial charge in [0.05, 0.1) is 50.5 Å². The molecule has 7 heterocycles. The molecule has 0 aliphatic carbocycles. The van der Waals surface area contributed by atoms with Gasteiger partial charge in [0, 0.05) is 57.3 Å². The number of aliphatic hydroxyl groups is 1. The highest BCUT2D eigenvalue weighted by Crippen LogP contribution is 2.38. The van der Waals surface area contributed by atoms with E-state index < -0.39 is 18.1 Å². The quantitative estimate of drug-likeness (QED) is 0.0979. The van der Waals surface area contributed by atoms with Gasteiger partial charge in [-0.05, 0) is 80.7 Å². The van der Waals surface area contributed by atoms with Crippen molar-refractivity contribution in [2.24, 2.45) is 11.8 Å². The molecule has 2 amide bonds. The molecule has 3 saturated heterocycles. The average Bonchev–Trinajstić information content (AvgIpc) is 4.12. The molecule has 18 heteroatoms. The van der Waals surface area contributed by atoms with E-state index in [1.807, 2.05) is 74.3 Å².